The summed E-state index contributed by atoms with van der Waals surface area (Å²) in [4.78, 5) is 13.3. The van der Waals surface area contributed by atoms with E-state index in [9.17, 15) is 13.2 Å². The van der Waals surface area contributed by atoms with Crippen molar-refractivity contribution in [1.82, 2.24) is 4.90 Å². The Morgan fingerprint density at radius 2 is 1.85 bits per heavy atom. The lowest BCUT2D eigenvalue weighted by Crippen LogP contribution is -2.23. The van der Waals surface area contributed by atoms with E-state index in [1.165, 1.54) is 11.8 Å². The maximum Gasteiger partial charge on any atom is 0.325 e. The first-order chi connectivity index (χ1) is 12.8. The Kier molecular flexibility index (Phi) is 7.44. The molecule has 1 aliphatic rings. The highest BCUT2D eigenvalue weighted by Gasteiger charge is 2.14. The van der Waals surface area contributed by atoms with Crippen LogP contribution in [0.2, 0.25) is 0 Å². The van der Waals surface area contributed by atoms with Crippen molar-refractivity contribution in [3.05, 3.63) is 66.0 Å². The van der Waals surface area contributed by atoms with E-state index in [0.29, 0.717) is 11.7 Å². The summed E-state index contributed by atoms with van der Waals surface area (Å²) >= 11 is 1.25. The molecule has 0 aromatic heterocycles. The van der Waals surface area contributed by atoms with Crippen LogP contribution in [0.4, 0.5) is 0 Å². The third-order valence-electron chi connectivity index (χ3n) is 3.56. The van der Waals surface area contributed by atoms with Gasteiger partial charge in [0, 0.05) is 12.4 Å². The molecule has 0 fully saturated rings. The van der Waals surface area contributed by atoms with E-state index in [1.807, 2.05) is 6.92 Å². The number of carbonyl (C=O) groups excluding carboxylic acids is 1. The average Bonchev–Trinajstić information content (AvgIpc) is 2.63. The van der Waals surface area contributed by atoms with E-state index < -0.39 is 10.0 Å². The van der Waals surface area contributed by atoms with Crippen LogP contribution in [-0.2, 0) is 19.6 Å². The maximum atomic E-state index is 12.5. The Balaban J connectivity index is 2.14. The van der Waals surface area contributed by atoms with Gasteiger partial charge in [-0.15, -0.1) is 11.8 Å². The van der Waals surface area contributed by atoms with E-state index in [0.717, 1.165) is 11.1 Å². The molecule has 0 atom stereocenters. The summed E-state index contributed by atoms with van der Waals surface area (Å²) < 4.78 is 33.8. The first-order valence-corrected chi connectivity index (χ1v) is 11.0. The lowest BCUT2D eigenvalue weighted by atomic mass is 10.2. The standard InChI is InChI=1S/C19H22N2O4S2/c1-4-25-19(22)14-21-11-9-16(10-12-21)13-18(26-3)20-27(23,24)17-7-5-15(2)6-8-17/h5-13H,4,14H2,1-3H3. The molecule has 0 aliphatic carbocycles. The highest BCUT2D eigenvalue weighted by atomic mass is 32.2. The molecule has 0 bridgehead atoms. The Hall–Kier alpha value is -2.32. The van der Waals surface area contributed by atoms with Gasteiger partial charge in [0.05, 0.1) is 11.5 Å². The maximum absolute atomic E-state index is 12.5. The monoisotopic (exact) mass is 406 g/mol. The van der Waals surface area contributed by atoms with Crippen molar-refractivity contribution in [3.63, 3.8) is 0 Å². The molecule has 27 heavy (non-hydrogen) atoms. The summed E-state index contributed by atoms with van der Waals surface area (Å²) in [6.07, 6.45) is 10.5. The summed E-state index contributed by atoms with van der Waals surface area (Å²) in [5, 5.41) is 0.374. The molecule has 1 heterocycles. The van der Waals surface area contributed by atoms with E-state index in [1.54, 1.807) is 73.0 Å². The van der Waals surface area contributed by atoms with Gasteiger partial charge >= 0.3 is 5.97 Å². The van der Waals surface area contributed by atoms with Gasteiger partial charge in [-0.3, -0.25) is 4.79 Å². The molecule has 1 aromatic carbocycles. The third-order valence-corrected chi connectivity index (χ3v) is 5.61. The van der Waals surface area contributed by atoms with Gasteiger partial charge in [-0.1, -0.05) is 17.7 Å². The van der Waals surface area contributed by atoms with Crippen LogP contribution in [0.1, 0.15) is 12.5 Å². The first-order valence-electron chi connectivity index (χ1n) is 8.29. The Labute approximate surface area is 164 Å². The van der Waals surface area contributed by atoms with Gasteiger partial charge in [0.2, 0.25) is 0 Å². The molecule has 0 spiro atoms. The Morgan fingerprint density at radius 3 is 2.41 bits per heavy atom. The number of allylic oxidation sites excluding steroid dienone is 3. The number of ether oxygens (including phenoxy) is 1. The number of rotatable bonds is 6. The molecule has 1 aliphatic heterocycles. The zero-order valence-electron chi connectivity index (χ0n) is 15.5. The van der Waals surface area contributed by atoms with Gasteiger partial charge in [-0.2, -0.15) is 12.8 Å². The van der Waals surface area contributed by atoms with Gasteiger partial charge in [-0.25, -0.2) is 0 Å². The van der Waals surface area contributed by atoms with Gasteiger partial charge in [0.1, 0.15) is 11.6 Å². The van der Waals surface area contributed by atoms with Gasteiger partial charge in [0.25, 0.3) is 10.0 Å². The molecular weight excluding hydrogens is 384 g/mol. The second-order valence-electron chi connectivity index (χ2n) is 5.67. The minimum absolute atomic E-state index is 0.124. The first kappa shape index (κ1) is 21.0. The van der Waals surface area contributed by atoms with Crippen molar-refractivity contribution in [1.29, 1.82) is 0 Å². The van der Waals surface area contributed by atoms with Crippen molar-refractivity contribution in [2.45, 2.75) is 18.7 Å². The predicted molar refractivity (Wildman–Crippen MR) is 109 cm³/mol. The topological polar surface area (TPSA) is 76.0 Å². The Morgan fingerprint density at radius 1 is 1.22 bits per heavy atom. The van der Waals surface area contributed by atoms with Crippen molar-refractivity contribution in [2.75, 3.05) is 19.4 Å². The van der Waals surface area contributed by atoms with E-state index in [-0.39, 0.29) is 17.4 Å². The lowest BCUT2D eigenvalue weighted by Gasteiger charge is -2.17. The molecule has 6 nitrogen and oxygen atoms in total. The van der Waals surface area contributed by atoms with Crippen molar-refractivity contribution >= 4 is 32.8 Å². The Bertz CT molecular complexity index is 882. The number of benzene rings is 1. The molecule has 0 unspecified atom stereocenters. The number of aryl methyl sites for hydroxylation is 1. The van der Waals surface area contributed by atoms with Crippen molar-refractivity contribution < 1.29 is 17.9 Å². The van der Waals surface area contributed by atoms with E-state index in [2.05, 4.69) is 4.40 Å². The molecular formula is C19H22N2O4S2. The molecule has 0 radical (unpaired) electrons. The molecule has 144 valence electrons. The summed E-state index contributed by atoms with van der Waals surface area (Å²) in [6, 6.07) is 6.58. The molecule has 0 amide bonds. The summed E-state index contributed by atoms with van der Waals surface area (Å²) in [7, 11) is -3.77. The molecule has 8 heteroatoms. The van der Waals surface area contributed by atoms with Gasteiger partial charge in [-0.05, 0) is 56.0 Å². The van der Waals surface area contributed by atoms with E-state index in [4.69, 9.17) is 4.74 Å². The van der Waals surface area contributed by atoms with Crippen LogP contribution in [0.5, 0.6) is 0 Å². The van der Waals surface area contributed by atoms with Crippen molar-refractivity contribution in [3.8, 4) is 0 Å². The predicted octanol–water partition coefficient (Wildman–Crippen LogP) is 3.28. The second-order valence-corrected chi connectivity index (χ2v) is 8.11. The number of sulfonamides is 1. The summed E-state index contributed by atoms with van der Waals surface area (Å²) in [6.45, 7) is 4.12. The summed E-state index contributed by atoms with van der Waals surface area (Å²) in [5.41, 5.74) is 1.76. The molecule has 2 rings (SSSR count). The zero-order valence-corrected chi connectivity index (χ0v) is 17.1. The van der Waals surface area contributed by atoms with Crippen LogP contribution in [-0.4, -0.2) is 43.7 Å². The largest absolute Gasteiger partial charge is 0.465 e. The third kappa shape index (κ3) is 6.41. The highest BCUT2D eigenvalue weighted by Crippen LogP contribution is 2.18. The number of carbonyl (C=O) groups is 1. The normalized spacial score (nSPS) is 14.4. The smallest absolute Gasteiger partial charge is 0.325 e. The van der Waals surface area contributed by atoms with Crippen LogP contribution in [0.25, 0.3) is 0 Å². The fourth-order valence-corrected chi connectivity index (χ4v) is 3.89. The number of thioether (sulfide) groups is 1. The number of hydrogen-bond acceptors (Lipinski definition) is 6. The van der Waals surface area contributed by atoms with Gasteiger partial charge in [0.15, 0.2) is 0 Å². The van der Waals surface area contributed by atoms with Crippen LogP contribution >= 0.6 is 11.8 Å². The number of esters is 1. The second kappa shape index (κ2) is 9.57. The fourth-order valence-electron chi connectivity index (χ4n) is 2.17. The minimum atomic E-state index is -3.77. The quantitative estimate of drug-likeness (QED) is 0.410. The highest BCUT2D eigenvalue weighted by molar-refractivity contribution is 8.14. The molecule has 1 aromatic rings. The molecule has 0 saturated carbocycles. The van der Waals surface area contributed by atoms with Crippen LogP contribution in [0.15, 0.2) is 69.8 Å². The lowest BCUT2D eigenvalue weighted by molar-refractivity contribution is -0.143. The molecule has 0 saturated heterocycles. The average molecular weight is 407 g/mol. The van der Waals surface area contributed by atoms with Crippen LogP contribution < -0.4 is 0 Å². The minimum Gasteiger partial charge on any atom is -0.465 e. The van der Waals surface area contributed by atoms with Crippen LogP contribution in [0, 0.1) is 6.92 Å². The van der Waals surface area contributed by atoms with E-state index >= 15 is 0 Å². The van der Waals surface area contributed by atoms with Crippen LogP contribution in [0.3, 0.4) is 0 Å². The molecule has 0 N–H and O–H groups in total. The zero-order chi connectivity index (χ0) is 19.9. The van der Waals surface area contributed by atoms with Crippen molar-refractivity contribution in [2.24, 2.45) is 4.40 Å². The SMILES string of the molecule is CCOC(=O)CN1C=CC(=CC(=NS(=O)(=O)c2ccc(C)cc2)SC)C=C1. The number of nitrogens with zero attached hydrogens (tertiary/aromatic N) is 2. The fraction of sp³-hybridized carbons (Fsp3) is 0.263. The van der Waals surface area contributed by atoms with Gasteiger partial charge < -0.3 is 9.64 Å². The summed E-state index contributed by atoms with van der Waals surface area (Å²) in [5.74, 6) is -0.310. The number of hydrogen-bond donors (Lipinski definition) is 0.